The molecule has 0 saturated carbocycles. The summed E-state index contributed by atoms with van der Waals surface area (Å²) >= 11 is 6.17. The molecular weight excluding hydrogens is 490 g/mol. The van der Waals surface area contributed by atoms with Gasteiger partial charge < -0.3 is 10.1 Å². The van der Waals surface area contributed by atoms with Crippen molar-refractivity contribution in [1.29, 1.82) is 0 Å². The molecule has 0 radical (unpaired) electrons. The van der Waals surface area contributed by atoms with E-state index in [4.69, 9.17) is 16.3 Å². The molecular formula is C21H26ClN3O6S2. The van der Waals surface area contributed by atoms with Gasteiger partial charge in [-0.05, 0) is 42.5 Å². The molecule has 12 heteroatoms. The van der Waals surface area contributed by atoms with Crippen LogP contribution in [0.2, 0.25) is 5.02 Å². The smallest absolute Gasteiger partial charge is 0.257 e. The van der Waals surface area contributed by atoms with Crippen LogP contribution in [0.15, 0.2) is 52.3 Å². The van der Waals surface area contributed by atoms with E-state index < -0.39 is 26.0 Å². The molecule has 0 bridgehead atoms. The molecule has 33 heavy (non-hydrogen) atoms. The first-order valence-electron chi connectivity index (χ1n) is 10.4. The molecule has 0 aliphatic carbocycles. The highest BCUT2D eigenvalue weighted by atomic mass is 35.5. The first-order valence-corrected chi connectivity index (χ1v) is 13.7. The summed E-state index contributed by atoms with van der Waals surface area (Å²) in [6.45, 7) is 5.28. The second-order valence-corrected chi connectivity index (χ2v) is 11.5. The Hall–Kier alpha value is -2.02. The molecule has 9 nitrogen and oxygen atoms in total. The lowest BCUT2D eigenvalue weighted by atomic mass is 10.2. The molecule has 0 spiro atoms. The van der Waals surface area contributed by atoms with Gasteiger partial charge in [-0.15, -0.1) is 0 Å². The Labute approximate surface area is 199 Å². The summed E-state index contributed by atoms with van der Waals surface area (Å²) in [5, 5.41) is 2.72. The third-order valence-electron chi connectivity index (χ3n) is 5.25. The minimum Gasteiger partial charge on any atom is -0.379 e. The number of anilines is 1. The molecule has 0 aromatic heterocycles. The quantitative estimate of drug-likeness (QED) is 0.578. The highest BCUT2D eigenvalue weighted by Gasteiger charge is 2.28. The fourth-order valence-corrected chi connectivity index (χ4v) is 6.49. The molecule has 1 N–H and O–H groups in total. The Balaban J connectivity index is 1.81. The highest BCUT2D eigenvalue weighted by molar-refractivity contribution is 7.89. The molecule has 180 valence electrons. The zero-order chi connectivity index (χ0) is 24.2. The molecule has 2 aromatic rings. The van der Waals surface area contributed by atoms with Gasteiger partial charge in [0.2, 0.25) is 20.0 Å². The van der Waals surface area contributed by atoms with Crippen LogP contribution in [0.3, 0.4) is 0 Å². The predicted molar refractivity (Wildman–Crippen MR) is 126 cm³/mol. The summed E-state index contributed by atoms with van der Waals surface area (Å²) in [5.41, 5.74) is 0.335. The van der Waals surface area contributed by atoms with Crippen molar-refractivity contribution >= 4 is 43.2 Å². The van der Waals surface area contributed by atoms with Gasteiger partial charge in [0.25, 0.3) is 5.91 Å². The van der Waals surface area contributed by atoms with Crippen LogP contribution >= 0.6 is 11.6 Å². The van der Waals surface area contributed by atoms with Gasteiger partial charge in [-0.3, -0.25) is 4.79 Å². The molecule has 1 heterocycles. The maximum atomic E-state index is 12.9. The molecule has 1 saturated heterocycles. The molecule has 1 amide bonds. The van der Waals surface area contributed by atoms with E-state index in [1.54, 1.807) is 13.8 Å². The second-order valence-electron chi connectivity index (χ2n) is 7.23. The average molecular weight is 516 g/mol. The van der Waals surface area contributed by atoms with Gasteiger partial charge in [-0.2, -0.15) is 8.61 Å². The first-order chi connectivity index (χ1) is 15.6. The van der Waals surface area contributed by atoms with Crippen molar-refractivity contribution in [2.75, 3.05) is 44.7 Å². The molecule has 3 rings (SSSR count). The summed E-state index contributed by atoms with van der Waals surface area (Å²) < 4.78 is 58.9. The third-order valence-corrected chi connectivity index (χ3v) is 9.53. The number of carbonyl (C=O) groups is 1. The molecule has 1 aliphatic rings. The molecule has 2 aromatic carbocycles. The van der Waals surface area contributed by atoms with Crippen LogP contribution in [-0.2, 0) is 24.8 Å². The van der Waals surface area contributed by atoms with Gasteiger partial charge in [0.1, 0.15) is 0 Å². The van der Waals surface area contributed by atoms with Crippen molar-refractivity contribution in [3.8, 4) is 0 Å². The Bertz CT molecular complexity index is 1210. The van der Waals surface area contributed by atoms with Crippen LogP contribution < -0.4 is 5.32 Å². The minimum atomic E-state index is -3.80. The number of nitrogens with one attached hydrogen (secondary N) is 1. The Morgan fingerprint density at radius 2 is 1.58 bits per heavy atom. The van der Waals surface area contributed by atoms with E-state index in [0.29, 0.717) is 32.0 Å². The summed E-state index contributed by atoms with van der Waals surface area (Å²) in [7, 11) is -7.42. The van der Waals surface area contributed by atoms with E-state index in [0.717, 1.165) is 0 Å². The zero-order valence-corrected chi connectivity index (χ0v) is 20.7. The van der Waals surface area contributed by atoms with Gasteiger partial charge in [-0.1, -0.05) is 25.4 Å². The van der Waals surface area contributed by atoms with Crippen molar-refractivity contribution in [3.63, 3.8) is 0 Å². The summed E-state index contributed by atoms with van der Waals surface area (Å²) in [6.07, 6.45) is 0. The number of ether oxygens (including phenoxy) is 1. The van der Waals surface area contributed by atoms with Crippen molar-refractivity contribution < 1.29 is 26.4 Å². The summed E-state index contributed by atoms with van der Waals surface area (Å²) in [4.78, 5) is 12.9. The van der Waals surface area contributed by atoms with Crippen LogP contribution in [0.1, 0.15) is 24.2 Å². The number of halogens is 1. The number of hydrogen-bond donors (Lipinski definition) is 1. The number of benzene rings is 2. The normalized spacial score (nSPS) is 15.5. The minimum absolute atomic E-state index is 0.00848. The van der Waals surface area contributed by atoms with Crippen LogP contribution in [0, 0.1) is 0 Å². The van der Waals surface area contributed by atoms with E-state index in [-0.39, 0.29) is 33.5 Å². The Morgan fingerprint density at radius 1 is 1.00 bits per heavy atom. The van der Waals surface area contributed by atoms with Crippen molar-refractivity contribution in [3.05, 3.63) is 53.1 Å². The first kappa shape index (κ1) is 25.6. The van der Waals surface area contributed by atoms with E-state index >= 15 is 0 Å². The van der Waals surface area contributed by atoms with Crippen LogP contribution in [0.25, 0.3) is 0 Å². The van der Waals surface area contributed by atoms with Crippen molar-refractivity contribution in [1.82, 2.24) is 8.61 Å². The average Bonchev–Trinajstić information content (AvgIpc) is 2.80. The Morgan fingerprint density at radius 3 is 2.15 bits per heavy atom. The van der Waals surface area contributed by atoms with Crippen molar-refractivity contribution in [2.45, 2.75) is 23.6 Å². The lowest BCUT2D eigenvalue weighted by Crippen LogP contribution is -2.40. The number of nitrogens with zero attached hydrogens (tertiary/aromatic N) is 2. The second kappa shape index (κ2) is 10.5. The van der Waals surface area contributed by atoms with Crippen LogP contribution in [0.4, 0.5) is 5.69 Å². The van der Waals surface area contributed by atoms with Crippen molar-refractivity contribution in [2.24, 2.45) is 0 Å². The fourth-order valence-electron chi connectivity index (χ4n) is 3.40. The lowest BCUT2D eigenvalue weighted by molar-refractivity contribution is 0.0730. The van der Waals surface area contributed by atoms with Crippen LogP contribution in [-0.4, -0.2) is 70.7 Å². The largest absolute Gasteiger partial charge is 0.379 e. The topological polar surface area (TPSA) is 113 Å². The number of amides is 1. The number of hydrogen-bond acceptors (Lipinski definition) is 6. The number of carbonyl (C=O) groups excluding carboxylic acids is 1. The van der Waals surface area contributed by atoms with Gasteiger partial charge in [0.15, 0.2) is 0 Å². The van der Waals surface area contributed by atoms with Gasteiger partial charge in [-0.25, -0.2) is 16.8 Å². The monoisotopic (exact) mass is 515 g/mol. The van der Waals surface area contributed by atoms with E-state index in [1.165, 1.54) is 51.1 Å². The molecule has 1 aliphatic heterocycles. The Kier molecular flexibility index (Phi) is 8.14. The summed E-state index contributed by atoms with van der Waals surface area (Å²) in [5.74, 6) is -0.613. The number of rotatable bonds is 8. The maximum Gasteiger partial charge on any atom is 0.257 e. The fraction of sp³-hybridized carbons (Fsp3) is 0.381. The lowest BCUT2D eigenvalue weighted by Gasteiger charge is -2.26. The van der Waals surface area contributed by atoms with E-state index in [9.17, 15) is 21.6 Å². The SMILES string of the molecule is CCN(CC)S(=O)(=O)c1ccc(NC(=O)c2cc(S(=O)(=O)N3CCOCC3)ccc2Cl)cc1. The standard InChI is InChI=1S/C21H26ClN3O6S2/c1-3-24(4-2)32(27,28)17-7-5-16(6-8-17)23-21(26)19-15-18(9-10-20(19)22)33(29,30)25-11-13-31-14-12-25/h5-10,15H,3-4,11-14H2,1-2H3,(H,23,26). The molecule has 0 atom stereocenters. The highest BCUT2D eigenvalue weighted by Crippen LogP contribution is 2.25. The van der Waals surface area contributed by atoms with Gasteiger partial charge in [0, 0.05) is 31.9 Å². The predicted octanol–water partition coefficient (Wildman–Crippen LogP) is 2.64. The zero-order valence-electron chi connectivity index (χ0n) is 18.3. The maximum absolute atomic E-state index is 12.9. The number of morpholine rings is 1. The number of sulfonamides is 2. The van der Waals surface area contributed by atoms with E-state index in [2.05, 4.69) is 5.32 Å². The molecule has 1 fully saturated rings. The van der Waals surface area contributed by atoms with Gasteiger partial charge in [0.05, 0.1) is 33.6 Å². The third kappa shape index (κ3) is 5.56. The van der Waals surface area contributed by atoms with E-state index in [1.807, 2.05) is 0 Å². The summed E-state index contributed by atoms with van der Waals surface area (Å²) in [6, 6.07) is 9.71. The van der Waals surface area contributed by atoms with Gasteiger partial charge >= 0.3 is 0 Å². The molecule has 0 unspecified atom stereocenters. The van der Waals surface area contributed by atoms with Crippen LogP contribution in [0.5, 0.6) is 0 Å².